The van der Waals surface area contributed by atoms with Crippen LogP contribution in [0.4, 0.5) is 0 Å². The molecule has 1 aromatic rings. The molecular weight excluding hydrogens is 418 g/mol. The van der Waals surface area contributed by atoms with Crippen molar-refractivity contribution in [1.29, 1.82) is 0 Å². The molecule has 0 fully saturated rings. The van der Waals surface area contributed by atoms with Gasteiger partial charge in [0.2, 0.25) is 29.5 Å². The Kier molecular flexibility index (Phi) is 9.57. The summed E-state index contributed by atoms with van der Waals surface area (Å²) >= 11 is 0. The van der Waals surface area contributed by atoms with Crippen LogP contribution in [0.25, 0.3) is 0 Å². The Hall–Kier alpha value is -4.02. The Balaban J connectivity index is 2.12. The maximum atomic E-state index is 12.6. The Bertz CT molecular complexity index is 886. The highest BCUT2D eigenvalue weighted by molar-refractivity contribution is 5.93. The molecule has 0 unspecified atom stereocenters. The van der Waals surface area contributed by atoms with Crippen molar-refractivity contribution in [2.24, 2.45) is 0 Å². The predicted molar refractivity (Wildman–Crippen MR) is 113 cm³/mol. The van der Waals surface area contributed by atoms with Gasteiger partial charge in [-0.15, -0.1) is 0 Å². The SMILES string of the molecule is O=C[C@@H]1CNC(=O)CNC(=O)[C@H](Cc2ccccc2)NC(=O)CNC(=O)CC=CC(=O)N1. The first-order valence-electron chi connectivity index (χ1n) is 9.94. The van der Waals surface area contributed by atoms with Crippen molar-refractivity contribution < 1.29 is 28.8 Å². The van der Waals surface area contributed by atoms with Gasteiger partial charge in [0.05, 0.1) is 13.1 Å². The quantitative estimate of drug-likeness (QED) is 0.330. The fourth-order valence-electron chi connectivity index (χ4n) is 2.77. The normalized spacial score (nSPS) is 21.7. The molecule has 2 rings (SSSR count). The van der Waals surface area contributed by atoms with Crippen LogP contribution >= 0.6 is 0 Å². The van der Waals surface area contributed by atoms with Crippen LogP contribution in [0, 0.1) is 0 Å². The van der Waals surface area contributed by atoms with Crippen LogP contribution < -0.4 is 26.6 Å². The first kappa shape index (κ1) is 24.3. The smallest absolute Gasteiger partial charge is 0.244 e. The molecule has 0 aliphatic carbocycles. The molecule has 5 amide bonds. The van der Waals surface area contributed by atoms with Gasteiger partial charge in [-0.1, -0.05) is 36.4 Å². The number of aldehydes is 1. The fourth-order valence-corrected chi connectivity index (χ4v) is 2.77. The highest BCUT2D eigenvalue weighted by atomic mass is 16.2. The molecule has 0 saturated heterocycles. The zero-order valence-corrected chi connectivity index (χ0v) is 17.3. The summed E-state index contributed by atoms with van der Waals surface area (Å²) in [6.07, 6.45) is 2.82. The monoisotopic (exact) mass is 443 g/mol. The maximum absolute atomic E-state index is 12.6. The highest BCUT2D eigenvalue weighted by Crippen LogP contribution is 2.03. The highest BCUT2D eigenvalue weighted by Gasteiger charge is 2.22. The summed E-state index contributed by atoms with van der Waals surface area (Å²) in [5.74, 6) is -2.88. The summed E-state index contributed by atoms with van der Waals surface area (Å²) in [7, 11) is 0. The summed E-state index contributed by atoms with van der Waals surface area (Å²) in [5, 5.41) is 12.2. The van der Waals surface area contributed by atoms with E-state index in [0.29, 0.717) is 6.29 Å². The molecule has 1 aliphatic rings. The minimum Gasteiger partial charge on any atom is -0.352 e. The predicted octanol–water partition coefficient (Wildman–Crippen LogP) is -2.29. The summed E-state index contributed by atoms with van der Waals surface area (Å²) < 4.78 is 0. The largest absolute Gasteiger partial charge is 0.352 e. The Morgan fingerprint density at radius 2 is 1.56 bits per heavy atom. The summed E-state index contributed by atoms with van der Waals surface area (Å²) in [4.78, 5) is 71.7. The van der Waals surface area contributed by atoms with Crippen molar-refractivity contribution in [1.82, 2.24) is 26.6 Å². The van der Waals surface area contributed by atoms with Crippen molar-refractivity contribution in [2.45, 2.75) is 24.9 Å². The van der Waals surface area contributed by atoms with E-state index in [4.69, 9.17) is 0 Å². The number of carbonyl (C=O) groups excluding carboxylic acids is 6. The van der Waals surface area contributed by atoms with E-state index >= 15 is 0 Å². The van der Waals surface area contributed by atoms with Crippen LogP contribution in [0.1, 0.15) is 12.0 Å². The minimum atomic E-state index is -0.982. The molecule has 2 atom stereocenters. The molecule has 32 heavy (non-hydrogen) atoms. The molecule has 0 spiro atoms. The van der Waals surface area contributed by atoms with Gasteiger partial charge in [-0.05, 0) is 11.6 Å². The molecule has 11 nitrogen and oxygen atoms in total. The summed E-state index contributed by atoms with van der Waals surface area (Å²) in [5.41, 5.74) is 0.790. The standard InChI is InChI=1S/C21H25N5O6/c27-13-15-10-22-19(30)11-24-21(32)16(9-14-5-2-1-3-6-14)26-20(31)12-23-17(28)7-4-8-18(29)25-15/h1-6,8,13,15-16H,7,9-12H2,(H,22,30)(H,23,28)(H,24,32)(H,25,29)(H,26,31)/t15-,16-/m0/s1. The molecule has 1 aromatic carbocycles. The van der Waals surface area contributed by atoms with Gasteiger partial charge < -0.3 is 31.4 Å². The van der Waals surface area contributed by atoms with Gasteiger partial charge in [-0.25, -0.2) is 0 Å². The maximum Gasteiger partial charge on any atom is 0.244 e. The third-order valence-electron chi connectivity index (χ3n) is 4.39. The first-order valence-corrected chi connectivity index (χ1v) is 9.94. The molecule has 1 heterocycles. The number of benzene rings is 1. The van der Waals surface area contributed by atoms with Crippen molar-refractivity contribution in [3.8, 4) is 0 Å². The minimum absolute atomic E-state index is 0.170. The van der Waals surface area contributed by atoms with E-state index in [0.717, 1.165) is 11.6 Å². The van der Waals surface area contributed by atoms with E-state index < -0.39 is 48.2 Å². The van der Waals surface area contributed by atoms with E-state index in [1.807, 2.05) is 6.07 Å². The van der Waals surface area contributed by atoms with Crippen LogP contribution in [0.3, 0.4) is 0 Å². The summed E-state index contributed by atoms with van der Waals surface area (Å²) in [6.45, 7) is -0.941. The number of hydrogen-bond donors (Lipinski definition) is 5. The number of hydrogen-bond acceptors (Lipinski definition) is 6. The van der Waals surface area contributed by atoms with Crippen LogP contribution in [0.5, 0.6) is 0 Å². The van der Waals surface area contributed by atoms with E-state index in [1.165, 1.54) is 6.08 Å². The second-order valence-electron chi connectivity index (χ2n) is 6.97. The Morgan fingerprint density at radius 1 is 0.844 bits per heavy atom. The van der Waals surface area contributed by atoms with Crippen molar-refractivity contribution >= 4 is 35.8 Å². The lowest BCUT2D eigenvalue weighted by Crippen LogP contribution is -2.52. The van der Waals surface area contributed by atoms with Crippen molar-refractivity contribution in [3.63, 3.8) is 0 Å². The average molecular weight is 443 g/mol. The third-order valence-corrected chi connectivity index (χ3v) is 4.39. The van der Waals surface area contributed by atoms with Gasteiger partial charge in [-0.3, -0.25) is 24.0 Å². The Morgan fingerprint density at radius 3 is 2.28 bits per heavy atom. The molecule has 0 saturated carbocycles. The topological polar surface area (TPSA) is 163 Å². The lowest BCUT2D eigenvalue weighted by Gasteiger charge is -2.19. The van der Waals surface area contributed by atoms with Crippen LogP contribution in [0.15, 0.2) is 42.5 Å². The van der Waals surface area contributed by atoms with Gasteiger partial charge in [0.15, 0.2) is 0 Å². The number of nitrogens with one attached hydrogen (secondary N) is 5. The zero-order valence-electron chi connectivity index (χ0n) is 17.3. The summed E-state index contributed by atoms with van der Waals surface area (Å²) in [6, 6.07) is 7.02. The van der Waals surface area contributed by atoms with Gasteiger partial charge in [-0.2, -0.15) is 0 Å². The van der Waals surface area contributed by atoms with E-state index in [1.54, 1.807) is 24.3 Å². The second-order valence-corrected chi connectivity index (χ2v) is 6.97. The van der Waals surface area contributed by atoms with Gasteiger partial charge in [0.25, 0.3) is 0 Å². The van der Waals surface area contributed by atoms with Gasteiger partial charge in [0.1, 0.15) is 18.4 Å². The molecular formula is C21H25N5O6. The Labute approximate surface area is 184 Å². The van der Waals surface area contributed by atoms with Crippen molar-refractivity contribution in [3.05, 3.63) is 48.0 Å². The molecule has 0 aromatic heterocycles. The average Bonchev–Trinajstić information content (AvgIpc) is 2.78. The van der Waals surface area contributed by atoms with Crippen molar-refractivity contribution in [2.75, 3.05) is 19.6 Å². The number of rotatable bonds is 3. The van der Waals surface area contributed by atoms with E-state index in [-0.39, 0.29) is 25.9 Å². The van der Waals surface area contributed by atoms with E-state index in [2.05, 4.69) is 26.6 Å². The molecule has 0 radical (unpaired) electrons. The second kappa shape index (κ2) is 12.6. The van der Waals surface area contributed by atoms with Crippen LogP contribution in [-0.4, -0.2) is 67.5 Å². The fraction of sp³-hybridized carbons (Fsp3) is 0.333. The van der Waals surface area contributed by atoms with Crippen LogP contribution in [-0.2, 0) is 35.2 Å². The van der Waals surface area contributed by atoms with Gasteiger partial charge in [0, 0.05) is 19.4 Å². The lowest BCUT2D eigenvalue weighted by molar-refractivity contribution is -0.130. The van der Waals surface area contributed by atoms with Crippen LogP contribution in [0.2, 0.25) is 0 Å². The number of carbonyl (C=O) groups is 6. The molecule has 5 N–H and O–H groups in total. The molecule has 0 bridgehead atoms. The molecule has 170 valence electrons. The first-order chi connectivity index (χ1) is 15.4. The molecule has 1 aliphatic heterocycles. The lowest BCUT2D eigenvalue weighted by atomic mass is 10.1. The third kappa shape index (κ3) is 8.78. The van der Waals surface area contributed by atoms with E-state index in [9.17, 15) is 28.8 Å². The van der Waals surface area contributed by atoms with Gasteiger partial charge >= 0.3 is 0 Å². The number of amides is 5. The molecule has 11 heteroatoms. The zero-order chi connectivity index (χ0) is 23.3.